The molecule has 2 amide bonds. The maximum Gasteiger partial charge on any atom is 0.225 e. The van der Waals surface area contributed by atoms with E-state index in [4.69, 9.17) is 4.74 Å². The van der Waals surface area contributed by atoms with E-state index in [0.29, 0.717) is 13.0 Å². The van der Waals surface area contributed by atoms with Crippen LogP contribution in [0.4, 0.5) is 0 Å². The molecule has 5 heteroatoms. The lowest BCUT2D eigenvalue weighted by Crippen LogP contribution is -2.51. The van der Waals surface area contributed by atoms with Crippen molar-refractivity contribution in [1.29, 1.82) is 0 Å². The van der Waals surface area contributed by atoms with Crippen LogP contribution in [-0.2, 0) is 14.3 Å². The quantitative estimate of drug-likeness (QED) is 0.862. The zero-order valence-corrected chi connectivity index (χ0v) is 13.1. The second-order valence-corrected chi connectivity index (χ2v) is 6.14. The van der Waals surface area contributed by atoms with Gasteiger partial charge in [0.05, 0.1) is 18.9 Å². The number of amides is 2. The van der Waals surface area contributed by atoms with Crippen molar-refractivity contribution in [2.45, 2.75) is 57.4 Å². The van der Waals surface area contributed by atoms with Crippen molar-refractivity contribution in [3.05, 3.63) is 0 Å². The van der Waals surface area contributed by atoms with Crippen LogP contribution in [0.2, 0.25) is 0 Å². The molecule has 120 valence electrons. The van der Waals surface area contributed by atoms with Crippen LogP contribution in [0.25, 0.3) is 0 Å². The van der Waals surface area contributed by atoms with Gasteiger partial charge in [-0.05, 0) is 32.1 Å². The number of methoxy groups -OCH3 is 1. The van der Waals surface area contributed by atoms with Gasteiger partial charge in [0.25, 0.3) is 0 Å². The molecule has 2 atom stereocenters. The summed E-state index contributed by atoms with van der Waals surface area (Å²) in [5, 5.41) is 3.05. The minimum Gasteiger partial charge on any atom is -0.384 e. The minimum absolute atomic E-state index is 0.0247. The van der Waals surface area contributed by atoms with E-state index < -0.39 is 0 Å². The van der Waals surface area contributed by atoms with E-state index in [1.165, 1.54) is 0 Å². The third kappa shape index (κ3) is 4.43. The Labute approximate surface area is 127 Å². The average molecular weight is 296 g/mol. The summed E-state index contributed by atoms with van der Waals surface area (Å²) in [6.45, 7) is 2.02. The molecule has 2 rings (SSSR count). The standard InChI is InChI=1S/C16H28N2O3/c1-21-12-9-15(19)18-11-6-2-5-10-17-16(20)13-7-3-4-8-14(13)18/h13-14H,2-12H2,1H3,(H,17,20). The fourth-order valence-electron chi connectivity index (χ4n) is 3.53. The molecular formula is C16H28N2O3. The number of ether oxygens (including phenoxy) is 1. The van der Waals surface area contributed by atoms with Crippen molar-refractivity contribution in [2.75, 3.05) is 26.8 Å². The Morgan fingerprint density at radius 1 is 1.24 bits per heavy atom. The minimum atomic E-state index is -0.0247. The molecule has 0 aromatic heterocycles. The number of carbonyl (C=O) groups excluding carboxylic acids is 2. The highest BCUT2D eigenvalue weighted by atomic mass is 16.5. The Morgan fingerprint density at radius 3 is 2.86 bits per heavy atom. The molecule has 1 N–H and O–H groups in total. The summed E-state index contributed by atoms with van der Waals surface area (Å²) < 4.78 is 5.03. The fourth-order valence-corrected chi connectivity index (χ4v) is 3.53. The molecule has 0 bridgehead atoms. The summed E-state index contributed by atoms with van der Waals surface area (Å²) in [7, 11) is 1.62. The van der Waals surface area contributed by atoms with Crippen molar-refractivity contribution in [1.82, 2.24) is 10.2 Å². The third-order valence-electron chi connectivity index (χ3n) is 4.68. The van der Waals surface area contributed by atoms with Gasteiger partial charge in [0, 0.05) is 26.2 Å². The number of fused-ring (bicyclic) bond motifs is 1. The average Bonchev–Trinajstić information content (AvgIpc) is 2.51. The lowest BCUT2D eigenvalue weighted by Gasteiger charge is -2.40. The van der Waals surface area contributed by atoms with E-state index in [0.717, 1.165) is 58.0 Å². The second-order valence-electron chi connectivity index (χ2n) is 6.14. The van der Waals surface area contributed by atoms with E-state index in [2.05, 4.69) is 5.32 Å². The molecule has 0 aromatic carbocycles. The fraction of sp³-hybridized carbons (Fsp3) is 0.875. The molecule has 2 fully saturated rings. The van der Waals surface area contributed by atoms with Crippen LogP contribution < -0.4 is 5.32 Å². The number of nitrogens with one attached hydrogen (secondary N) is 1. The normalized spacial score (nSPS) is 27.7. The van der Waals surface area contributed by atoms with Gasteiger partial charge in [0.15, 0.2) is 0 Å². The Balaban J connectivity index is 2.12. The highest BCUT2D eigenvalue weighted by Gasteiger charge is 2.36. The van der Waals surface area contributed by atoms with Gasteiger partial charge in [-0.1, -0.05) is 12.8 Å². The Morgan fingerprint density at radius 2 is 2.05 bits per heavy atom. The molecule has 21 heavy (non-hydrogen) atoms. The summed E-state index contributed by atoms with van der Waals surface area (Å²) >= 11 is 0. The van der Waals surface area contributed by atoms with Crippen LogP contribution in [0.15, 0.2) is 0 Å². The van der Waals surface area contributed by atoms with Gasteiger partial charge in [0.2, 0.25) is 11.8 Å². The molecule has 1 aliphatic heterocycles. The topological polar surface area (TPSA) is 58.6 Å². The molecule has 2 unspecified atom stereocenters. The van der Waals surface area contributed by atoms with E-state index >= 15 is 0 Å². The molecule has 1 aliphatic carbocycles. The predicted octanol–water partition coefficient (Wildman–Crippen LogP) is 1.71. The second kappa shape index (κ2) is 8.37. The number of rotatable bonds is 3. The monoisotopic (exact) mass is 296 g/mol. The summed E-state index contributed by atoms with van der Waals surface area (Å²) in [6.07, 6.45) is 7.58. The Kier molecular flexibility index (Phi) is 6.49. The smallest absolute Gasteiger partial charge is 0.225 e. The van der Waals surface area contributed by atoms with E-state index in [9.17, 15) is 9.59 Å². The van der Waals surface area contributed by atoms with Crippen molar-refractivity contribution in [2.24, 2.45) is 5.92 Å². The first-order valence-electron chi connectivity index (χ1n) is 8.30. The SMILES string of the molecule is COCCC(=O)N1CCCCCNC(=O)C2CCCCC21. The lowest BCUT2D eigenvalue weighted by atomic mass is 9.82. The Bertz CT molecular complexity index is 359. The van der Waals surface area contributed by atoms with Crippen LogP contribution in [-0.4, -0.2) is 49.6 Å². The molecule has 0 radical (unpaired) electrons. The number of hydrogen-bond acceptors (Lipinski definition) is 3. The van der Waals surface area contributed by atoms with Crippen molar-refractivity contribution < 1.29 is 14.3 Å². The summed E-state index contributed by atoms with van der Waals surface area (Å²) in [4.78, 5) is 26.9. The number of nitrogens with zero attached hydrogens (tertiary/aromatic N) is 1. The summed E-state index contributed by atoms with van der Waals surface area (Å²) in [6, 6.07) is 0.0845. The van der Waals surface area contributed by atoms with Crippen LogP contribution in [0, 0.1) is 5.92 Å². The van der Waals surface area contributed by atoms with Crippen LogP contribution in [0.5, 0.6) is 0 Å². The summed E-state index contributed by atoms with van der Waals surface area (Å²) in [5.41, 5.74) is 0. The summed E-state index contributed by atoms with van der Waals surface area (Å²) in [5.74, 6) is 0.261. The van der Waals surface area contributed by atoms with Gasteiger partial charge in [-0.2, -0.15) is 0 Å². The molecule has 0 spiro atoms. The van der Waals surface area contributed by atoms with E-state index in [1.54, 1.807) is 7.11 Å². The lowest BCUT2D eigenvalue weighted by molar-refractivity contribution is -0.140. The molecule has 5 nitrogen and oxygen atoms in total. The maximum absolute atomic E-state index is 12.5. The number of hydrogen-bond donors (Lipinski definition) is 1. The number of carbonyl (C=O) groups is 2. The molecule has 1 heterocycles. The Hall–Kier alpha value is -1.10. The van der Waals surface area contributed by atoms with Crippen molar-refractivity contribution in [3.63, 3.8) is 0 Å². The first kappa shape index (κ1) is 16.3. The molecule has 1 saturated heterocycles. The third-order valence-corrected chi connectivity index (χ3v) is 4.68. The highest BCUT2D eigenvalue weighted by molar-refractivity contribution is 5.82. The zero-order chi connectivity index (χ0) is 15.1. The highest BCUT2D eigenvalue weighted by Crippen LogP contribution is 2.30. The zero-order valence-electron chi connectivity index (χ0n) is 13.1. The van der Waals surface area contributed by atoms with Crippen LogP contribution in [0.3, 0.4) is 0 Å². The predicted molar refractivity (Wildman–Crippen MR) is 80.8 cm³/mol. The largest absolute Gasteiger partial charge is 0.384 e. The first-order valence-corrected chi connectivity index (χ1v) is 8.30. The van der Waals surface area contributed by atoms with Gasteiger partial charge < -0.3 is 15.0 Å². The van der Waals surface area contributed by atoms with Crippen molar-refractivity contribution >= 4 is 11.8 Å². The van der Waals surface area contributed by atoms with E-state index in [1.807, 2.05) is 4.90 Å². The molecule has 1 saturated carbocycles. The van der Waals surface area contributed by atoms with Crippen LogP contribution in [0.1, 0.15) is 51.4 Å². The van der Waals surface area contributed by atoms with Gasteiger partial charge in [0.1, 0.15) is 0 Å². The van der Waals surface area contributed by atoms with E-state index in [-0.39, 0.29) is 23.8 Å². The van der Waals surface area contributed by atoms with Gasteiger partial charge in [-0.15, -0.1) is 0 Å². The molecule has 2 aliphatic rings. The van der Waals surface area contributed by atoms with Crippen LogP contribution >= 0.6 is 0 Å². The first-order chi connectivity index (χ1) is 10.2. The maximum atomic E-state index is 12.5. The van der Waals surface area contributed by atoms with Gasteiger partial charge >= 0.3 is 0 Å². The molecular weight excluding hydrogens is 268 g/mol. The molecule has 0 aromatic rings. The van der Waals surface area contributed by atoms with Crippen molar-refractivity contribution in [3.8, 4) is 0 Å². The van der Waals surface area contributed by atoms with Gasteiger partial charge in [-0.3, -0.25) is 9.59 Å². The van der Waals surface area contributed by atoms with Gasteiger partial charge in [-0.25, -0.2) is 0 Å².